The summed E-state index contributed by atoms with van der Waals surface area (Å²) in [6, 6.07) is 11.0. The molecule has 6 heteroatoms. The SMILES string of the molecule is CNCc1cccc(CS(=O)(=O)Nc2ccc(C)nc2)c1. The van der Waals surface area contributed by atoms with Crippen LogP contribution in [0.2, 0.25) is 0 Å². The van der Waals surface area contributed by atoms with Crippen LogP contribution >= 0.6 is 0 Å². The second kappa shape index (κ2) is 6.69. The number of rotatable bonds is 6. The van der Waals surface area contributed by atoms with E-state index in [9.17, 15) is 8.42 Å². The number of aromatic nitrogens is 1. The molecule has 1 aromatic heterocycles. The molecule has 0 aliphatic carbocycles. The molecule has 112 valence electrons. The summed E-state index contributed by atoms with van der Waals surface area (Å²) in [4.78, 5) is 4.07. The summed E-state index contributed by atoms with van der Waals surface area (Å²) >= 11 is 0. The Bertz CT molecular complexity index is 697. The Morgan fingerprint density at radius 1 is 1.14 bits per heavy atom. The molecule has 0 aliphatic rings. The van der Waals surface area contributed by atoms with E-state index in [2.05, 4.69) is 15.0 Å². The third-order valence-electron chi connectivity index (χ3n) is 2.91. The number of hydrogen-bond acceptors (Lipinski definition) is 4. The van der Waals surface area contributed by atoms with Crippen molar-refractivity contribution in [2.24, 2.45) is 0 Å². The van der Waals surface area contributed by atoms with Gasteiger partial charge in [-0.2, -0.15) is 0 Å². The molecule has 0 bridgehead atoms. The number of hydrogen-bond donors (Lipinski definition) is 2. The first-order chi connectivity index (χ1) is 9.98. The standard InChI is InChI=1S/C15H19N3O2S/c1-12-6-7-15(10-17-12)18-21(19,20)11-14-5-3-4-13(8-14)9-16-2/h3-8,10,16,18H,9,11H2,1-2H3. The highest BCUT2D eigenvalue weighted by atomic mass is 32.2. The maximum atomic E-state index is 12.2. The molecule has 0 radical (unpaired) electrons. The van der Waals surface area contributed by atoms with Crippen LogP contribution in [0.3, 0.4) is 0 Å². The van der Waals surface area contributed by atoms with E-state index in [4.69, 9.17) is 0 Å². The minimum Gasteiger partial charge on any atom is -0.316 e. The molecule has 1 aromatic carbocycles. The van der Waals surface area contributed by atoms with Crippen molar-refractivity contribution in [2.75, 3.05) is 11.8 Å². The summed E-state index contributed by atoms with van der Waals surface area (Å²) in [5.74, 6) is -0.0571. The zero-order valence-corrected chi connectivity index (χ0v) is 12.9. The van der Waals surface area contributed by atoms with Crippen LogP contribution in [-0.2, 0) is 22.3 Å². The van der Waals surface area contributed by atoms with E-state index in [0.717, 1.165) is 16.8 Å². The van der Waals surface area contributed by atoms with Crippen LogP contribution in [0.1, 0.15) is 16.8 Å². The third-order valence-corrected chi connectivity index (χ3v) is 4.17. The lowest BCUT2D eigenvalue weighted by Gasteiger charge is -2.09. The minimum atomic E-state index is -3.44. The number of nitrogens with one attached hydrogen (secondary N) is 2. The predicted octanol–water partition coefficient (Wildman–Crippen LogP) is 2.05. The van der Waals surface area contributed by atoms with Crippen LogP contribution < -0.4 is 10.0 Å². The fraction of sp³-hybridized carbons (Fsp3) is 0.267. The Kier molecular flexibility index (Phi) is 4.93. The Balaban J connectivity index is 2.10. The first-order valence-electron chi connectivity index (χ1n) is 6.64. The molecule has 5 nitrogen and oxygen atoms in total. The van der Waals surface area contributed by atoms with Gasteiger partial charge in [-0.3, -0.25) is 9.71 Å². The van der Waals surface area contributed by atoms with Crippen LogP contribution in [0, 0.1) is 6.92 Å². The molecule has 0 fully saturated rings. The molecule has 1 heterocycles. The summed E-state index contributed by atoms with van der Waals surface area (Å²) in [6.45, 7) is 2.56. The molecular formula is C15H19N3O2S. The van der Waals surface area contributed by atoms with Gasteiger partial charge in [0.2, 0.25) is 10.0 Å². The molecule has 0 amide bonds. The van der Waals surface area contributed by atoms with Crippen LogP contribution in [0.4, 0.5) is 5.69 Å². The van der Waals surface area contributed by atoms with Crippen molar-refractivity contribution >= 4 is 15.7 Å². The number of anilines is 1. The highest BCUT2D eigenvalue weighted by molar-refractivity contribution is 7.91. The lowest BCUT2D eigenvalue weighted by atomic mass is 10.1. The van der Waals surface area contributed by atoms with Gasteiger partial charge in [-0.05, 0) is 37.2 Å². The molecular weight excluding hydrogens is 286 g/mol. The van der Waals surface area contributed by atoms with Crippen molar-refractivity contribution in [1.82, 2.24) is 10.3 Å². The van der Waals surface area contributed by atoms with E-state index in [1.807, 2.05) is 38.2 Å². The Morgan fingerprint density at radius 3 is 2.57 bits per heavy atom. The molecule has 0 atom stereocenters. The zero-order valence-electron chi connectivity index (χ0n) is 12.1. The normalized spacial score (nSPS) is 11.3. The van der Waals surface area contributed by atoms with Crippen LogP contribution in [-0.4, -0.2) is 20.4 Å². The summed E-state index contributed by atoms with van der Waals surface area (Å²) in [6.07, 6.45) is 1.52. The van der Waals surface area contributed by atoms with Crippen LogP contribution in [0.25, 0.3) is 0 Å². The molecule has 0 saturated carbocycles. The van der Waals surface area contributed by atoms with Gasteiger partial charge < -0.3 is 5.32 Å². The smallest absolute Gasteiger partial charge is 0.236 e. The quantitative estimate of drug-likeness (QED) is 0.857. The largest absolute Gasteiger partial charge is 0.316 e. The van der Waals surface area contributed by atoms with Gasteiger partial charge in [-0.1, -0.05) is 24.3 Å². The lowest BCUT2D eigenvalue weighted by molar-refractivity contribution is 0.600. The van der Waals surface area contributed by atoms with Crippen molar-refractivity contribution in [1.29, 1.82) is 0 Å². The maximum absolute atomic E-state index is 12.2. The van der Waals surface area contributed by atoms with Crippen LogP contribution in [0.15, 0.2) is 42.6 Å². The third kappa shape index (κ3) is 4.84. The topological polar surface area (TPSA) is 71.1 Å². The average Bonchev–Trinajstić information content (AvgIpc) is 2.41. The van der Waals surface area contributed by atoms with Gasteiger partial charge in [0.1, 0.15) is 0 Å². The highest BCUT2D eigenvalue weighted by Gasteiger charge is 2.12. The summed E-state index contributed by atoms with van der Waals surface area (Å²) in [5, 5.41) is 3.05. The number of sulfonamides is 1. The van der Waals surface area contributed by atoms with Gasteiger partial charge in [0, 0.05) is 12.2 Å². The fourth-order valence-corrected chi connectivity index (χ4v) is 3.17. The molecule has 2 rings (SSSR count). The highest BCUT2D eigenvalue weighted by Crippen LogP contribution is 2.13. The summed E-state index contributed by atoms with van der Waals surface area (Å²) in [7, 11) is -1.59. The molecule has 0 spiro atoms. The molecule has 0 aliphatic heterocycles. The van der Waals surface area contributed by atoms with Crippen molar-refractivity contribution in [3.63, 3.8) is 0 Å². The Morgan fingerprint density at radius 2 is 1.90 bits per heavy atom. The monoisotopic (exact) mass is 305 g/mol. The fourth-order valence-electron chi connectivity index (χ4n) is 2.00. The number of nitrogens with zero attached hydrogens (tertiary/aromatic N) is 1. The van der Waals surface area contributed by atoms with Gasteiger partial charge in [0.25, 0.3) is 0 Å². The van der Waals surface area contributed by atoms with Gasteiger partial charge in [-0.15, -0.1) is 0 Å². The van der Waals surface area contributed by atoms with Crippen molar-refractivity contribution in [3.05, 3.63) is 59.4 Å². The Labute approximate surface area is 125 Å². The molecule has 0 unspecified atom stereocenters. The number of pyridine rings is 1. The minimum absolute atomic E-state index is 0.0571. The van der Waals surface area contributed by atoms with E-state index in [1.54, 1.807) is 12.1 Å². The van der Waals surface area contributed by atoms with E-state index in [-0.39, 0.29) is 5.75 Å². The average molecular weight is 305 g/mol. The van der Waals surface area contributed by atoms with Crippen molar-refractivity contribution < 1.29 is 8.42 Å². The van der Waals surface area contributed by atoms with Gasteiger partial charge >= 0.3 is 0 Å². The van der Waals surface area contributed by atoms with E-state index in [1.165, 1.54) is 6.20 Å². The van der Waals surface area contributed by atoms with E-state index >= 15 is 0 Å². The van der Waals surface area contributed by atoms with Crippen molar-refractivity contribution in [3.8, 4) is 0 Å². The molecule has 21 heavy (non-hydrogen) atoms. The van der Waals surface area contributed by atoms with E-state index in [0.29, 0.717) is 12.2 Å². The molecule has 0 saturated heterocycles. The lowest BCUT2D eigenvalue weighted by Crippen LogP contribution is -2.15. The first-order valence-corrected chi connectivity index (χ1v) is 8.29. The maximum Gasteiger partial charge on any atom is 0.236 e. The second-order valence-electron chi connectivity index (χ2n) is 4.90. The second-order valence-corrected chi connectivity index (χ2v) is 6.62. The van der Waals surface area contributed by atoms with Crippen LogP contribution in [0.5, 0.6) is 0 Å². The molecule has 2 aromatic rings. The van der Waals surface area contributed by atoms with Gasteiger partial charge in [-0.25, -0.2) is 8.42 Å². The van der Waals surface area contributed by atoms with Gasteiger partial charge in [0.05, 0.1) is 17.6 Å². The summed E-state index contributed by atoms with van der Waals surface area (Å²) in [5.41, 5.74) is 3.14. The van der Waals surface area contributed by atoms with Crippen molar-refractivity contribution in [2.45, 2.75) is 19.2 Å². The number of benzene rings is 1. The number of aryl methyl sites for hydroxylation is 1. The van der Waals surface area contributed by atoms with Gasteiger partial charge in [0.15, 0.2) is 0 Å². The Hall–Kier alpha value is -1.92. The van der Waals surface area contributed by atoms with E-state index < -0.39 is 10.0 Å². The molecule has 2 N–H and O–H groups in total. The zero-order chi connectivity index (χ0) is 15.3. The summed E-state index contributed by atoms with van der Waals surface area (Å²) < 4.78 is 26.9. The first kappa shape index (κ1) is 15.5. The predicted molar refractivity (Wildman–Crippen MR) is 84.4 cm³/mol.